The lowest BCUT2D eigenvalue weighted by molar-refractivity contribution is 0.311. The van der Waals surface area contributed by atoms with Crippen LogP contribution in [0.15, 0.2) is 12.1 Å². The van der Waals surface area contributed by atoms with Crippen LogP contribution in [0.3, 0.4) is 0 Å². The Balaban J connectivity index is 2.32. The third kappa shape index (κ3) is 2.55. The molecule has 0 spiro atoms. The topological polar surface area (TPSA) is 18.5 Å². The van der Waals surface area contributed by atoms with Crippen molar-refractivity contribution < 1.29 is 9.47 Å². The van der Waals surface area contributed by atoms with Gasteiger partial charge >= 0.3 is 0 Å². The Morgan fingerprint density at radius 2 is 1.82 bits per heavy atom. The van der Waals surface area contributed by atoms with Crippen LogP contribution in [0.1, 0.15) is 29.7 Å². The third-order valence-corrected chi connectivity index (χ3v) is 4.93. The summed E-state index contributed by atoms with van der Waals surface area (Å²) in [4.78, 5) is 0.309. The molecule has 1 aliphatic carbocycles. The Kier molecular flexibility index (Phi) is 4.21. The number of halogens is 2. The summed E-state index contributed by atoms with van der Waals surface area (Å²) in [6.45, 7) is 0. The van der Waals surface area contributed by atoms with E-state index in [1.807, 2.05) is 12.1 Å². The van der Waals surface area contributed by atoms with E-state index in [2.05, 4.69) is 15.9 Å². The molecule has 0 heterocycles. The van der Waals surface area contributed by atoms with Gasteiger partial charge in [-0.1, -0.05) is 34.0 Å². The number of rotatable bonds is 4. The van der Waals surface area contributed by atoms with E-state index >= 15 is 0 Å². The molecule has 4 heteroatoms. The summed E-state index contributed by atoms with van der Waals surface area (Å²) in [5.41, 5.74) is 1.09. The summed E-state index contributed by atoms with van der Waals surface area (Å²) < 4.78 is 10.5. The smallest absolute Gasteiger partial charge is 0.162 e. The van der Waals surface area contributed by atoms with Crippen LogP contribution in [-0.2, 0) is 0 Å². The fourth-order valence-corrected chi connectivity index (χ4v) is 3.38. The van der Waals surface area contributed by atoms with Crippen LogP contribution in [0.5, 0.6) is 11.5 Å². The van der Waals surface area contributed by atoms with Crippen molar-refractivity contribution in [2.24, 2.45) is 5.92 Å². The van der Waals surface area contributed by atoms with E-state index in [-0.39, 0.29) is 0 Å². The second-order valence-electron chi connectivity index (χ2n) is 4.32. The molecule has 1 unspecified atom stereocenters. The molecule has 0 amide bonds. The van der Waals surface area contributed by atoms with Gasteiger partial charge < -0.3 is 9.47 Å². The first kappa shape index (κ1) is 13.0. The summed E-state index contributed by atoms with van der Waals surface area (Å²) in [5.74, 6) is 2.09. The first-order chi connectivity index (χ1) is 8.17. The van der Waals surface area contributed by atoms with Crippen molar-refractivity contribution in [2.75, 3.05) is 14.2 Å². The predicted octanol–water partition coefficient (Wildman–Crippen LogP) is 4.59. The van der Waals surface area contributed by atoms with E-state index < -0.39 is 0 Å². The molecule has 2 rings (SSSR count). The predicted molar refractivity (Wildman–Crippen MR) is 73.6 cm³/mol. The Bertz CT molecular complexity index is 405. The first-order valence-corrected chi connectivity index (χ1v) is 7.02. The molecule has 0 saturated heterocycles. The highest BCUT2D eigenvalue weighted by molar-refractivity contribution is 9.09. The molecule has 1 atom stereocenters. The highest BCUT2D eigenvalue weighted by Gasteiger charge is 2.28. The lowest BCUT2D eigenvalue weighted by Crippen LogP contribution is -2.16. The molecular formula is C13H16BrClO2. The van der Waals surface area contributed by atoms with Gasteiger partial charge in [-0.3, -0.25) is 0 Å². The molecule has 0 aromatic heterocycles. The molecule has 2 nitrogen and oxygen atoms in total. The second kappa shape index (κ2) is 5.49. The maximum atomic E-state index is 6.29. The zero-order valence-electron chi connectivity index (χ0n) is 10.0. The number of hydrogen-bond donors (Lipinski definition) is 0. The van der Waals surface area contributed by atoms with Crippen molar-refractivity contribution in [1.82, 2.24) is 0 Å². The normalized spacial score (nSPS) is 17.4. The van der Waals surface area contributed by atoms with Crippen LogP contribution >= 0.6 is 27.5 Å². The molecule has 1 aliphatic rings. The van der Waals surface area contributed by atoms with Crippen LogP contribution in [-0.4, -0.2) is 14.2 Å². The average molecular weight is 320 g/mol. The summed E-state index contributed by atoms with van der Waals surface area (Å²) in [6.07, 6.45) is 3.85. The molecule has 94 valence electrons. The van der Waals surface area contributed by atoms with Crippen molar-refractivity contribution in [3.05, 3.63) is 22.7 Å². The second-order valence-corrected chi connectivity index (χ2v) is 5.72. The SMILES string of the molecule is COc1cc(Cl)c(C(Br)C2CCC2)cc1OC. The minimum atomic E-state index is 0.309. The third-order valence-electron chi connectivity index (χ3n) is 3.36. The fourth-order valence-electron chi connectivity index (χ4n) is 2.07. The molecule has 1 saturated carbocycles. The van der Waals surface area contributed by atoms with Crippen LogP contribution in [0.25, 0.3) is 0 Å². The minimum absolute atomic E-state index is 0.309. The highest BCUT2D eigenvalue weighted by atomic mass is 79.9. The van der Waals surface area contributed by atoms with Crippen molar-refractivity contribution in [2.45, 2.75) is 24.1 Å². The molecule has 1 aromatic rings. The Morgan fingerprint density at radius 3 is 2.29 bits per heavy atom. The largest absolute Gasteiger partial charge is 0.493 e. The Labute approximate surface area is 115 Å². The van der Waals surface area contributed by atoms with Gasteiger partial charge in [0.05, 0.1) is 14.2 Å². The molecule has 1 aromatic carbocycles. The van der Waals surface area contributed by atoms with Crippen LogP contribution < -0.4 is 9.47 Å². The number of methoxy groups -OCH3 is 2. The number of hydrogen-bond acceptors (Lipinski definition) is 2. The van der Waals surface area contributed by atoms with E-state index in [0.29, 0.717) is 16.5 Å². The van der Waals surface area contributed by atoms with Gasteiger partial charge in [-0.05, 0) is 30.4 Å². The average Bonchev–Trinajstić information content (AvgIpc) is 2.26. The highest BCUT2D eigenvalue weighted by Crippen LogP contribution is 2.47. The van der Waals surface area contributed by atoms with Crippen LogP contribution in [0.4, 0.5) is 0 Å². The maximum absolute atomic E-state index is 6.29. The van der Waals surface area contributed by atoms with Crippen molar-refractivity contribution in [3.63, 3.8) is 0 Å². The Hall–Kier alpha value is -0.410. The molecule has 0 bridgehead atoms. The zero-order valence-corrected chi connectivity index (χ0v) is 12.3. The number of benzene rings is 1. The van der Waals surface area contributed by atoms with Crippen LogP contribution in [0.2, 0.25) is 5.02 Å². The lowest BCUT2D eigenvalue weighted by Gasteiger charge is -2.31. The molecule has 0 radical (unpaired) electrons. The van der Waals surface area contributed by atoms with E-state index in [0.717, 1.165) is 16.3 Å². The van der Waals surface area contributed by atoms with Gasteiger partial charge in [-0.2, -0.15) is 0 Å². The van der Waals surface area contributed by atoms with E-state index in [4.69, 9.17) is 21.1 Å². The van der Waals surface area contributed by atoms with Gasteiger partial charge in [0.25, 0.3) is 0 Å². The standard InChI is InChI=1S/C13H16BrClO2/c1-16-11-6-9(10(15)7-12(11)17-2)13(14)8-4-3-5-8/h6-8,13H,3-5H2,1-2H3. The monoisotopic (exact) mass is 318 g/mol. The Morgan fingerprint density at radius 1 is 1.24 bits per heavy atom. The summed E-state index contributed by atoms with van der Waals surface area (Å²) >= 11 is 10.0. The first-order valence-electron chi connectivity index (χ1n) is 5.73. The lowest BCUT2D eigenvalue weighted by atomic mass is 9.81. The van der Waals surface area contributed by atoms with Crippen LogP contribution in [0, 0.1) is 5.92 Å². The van der Waals surface area contributed by atoms with Gasteiger partial charge in [0.2, 0.25) is 0 Å². The molecule has 0 aliphatic heterocycles. The van der Waals surface area contributed by atoms with Crippen molar-refractivity contribution in [3.8, 4) is 11.5 Å². The van der Waals surface area contributed by atoms with Gasteiger partial charge in [-0.25, -0.2) is 0 Å². The van der Waals surface area contributed by atoms with Crippen molar-refractivity contribution in [1.29, 1.82) is 0 Å². The van der Waals surface area contributed by atoms with Crippen molar-refractivity contribution >= 4 is 27.5 Å². The van der Waals surface area contributed by atoms with E-state index in [1.165, 1.54) is 19.3 Å². The van der Waals surface area contributed by atoms with Gasteiger partial charge in [-0.15, -0.1) is 0 Å². The van der Waals surface area contributed by atoms with E-state index in [1.54, 1.807) is 14.2 Å². The number of ether oxygens (including phenoxy) is 2. The zero-order chi connectivity index (χ0) is 12.4. The maximum Gasteiger partial charge on any atom is 0.162 e. The molecule has 17 heavy (non-hydrogen) atoms. The van der Waals surface area contributed by atoms with Gasteiger partial charge in [0, 0.05) is 15.9 Å². The minimum Gasteiger partial charge on any atom is -0.493 e. The summed E-state index contributed by atoms with van der Waals surface area (Å²) in [7, 11) is 3.26. The molecule has 0 N–H and O–H groups in total. The fraction of sp³-hybridized carbons (Fsp3) is 0.538. The van der Waals surface area contributed by atoms with Gasteiger partial charge in [0.15, 0.2) is 11.5 Å². The summed E-state index contributed by atoms with van der Waals surface area (Å²) in [5, 5.41) is 0.733. The van der Waals surface area contributed by atoms with Gasteiger partial charge in [0.1, 0.15) is 0 Å². The molecule has 1 fully saturated rings. The number of alkyl halides is 1. The quantitative estimate of drug-likeness (QED) is 0.756. The van der Waals surface area contributed by atoms with E-state index in [9.17, 15) is 0 Å². The summed E-state index contributed by atoms with van der Waals surface area (Å²) in [6, 6.07) is 3.79. The molecular weight excluding hydrogens is 303 g/mol.